The van der Waals surface area contributed by atoms with Gasteiger partial charge in [-0.2, -0.15) is 0 Å². The molecule has 0 N–H and O–H groups in total. The number of hydrogen-bond donors (Lipinski definition) is 0. The van der Waals surface area contributed by atoms with E-state index in [1.54, 1.807) is 7.11 Å². The highest BCUT2D eigenvalue weighted by atomic mass is 16.5. The minimum absolute atomic E-state index is 0.648. The van der Waals surface area contributed by atoms with Gasteiger partial charge in [0.1, 0.15) is 17.2 Å². The SMILES string of the molecule is CCCCOc1cc(-c2ccc(C)o2)nc2cc(OCCCN3CCCC3)c(OC)cc12. The smallest absolute Gasteiger partial charge is 0.163 e. The number of furan rings is 1. The zero-order valence-corrected chi connectivity index (χ0v) is 19.5. The van der Waals surface area contributed by atoms with Gasteiger partial charge in [0, 0.05) is 24.1 Å². The largest absolute Gasteiger partial charge is 0.493 e. The molecule has 0 unspecified atom stereocenters. The fourth-order valence-electron chi connectivity index (χ4n) is 4.10. The van der Waals surface area contributed by atoms with Crippen LogP contribution < -0.4 is 14.2 Å². The Morgan fingerprint density at radius 2 is 1.75 bits per heavy atom. The molecule has 0 amide bonds. The summed E-state index contributed by atoms with van der Waals surface area (Å²) < 4.78 is 23.7. The number of fused-ring (bicyclic) bond motifs is 1. The summed E-state index contributed by atoms with van der Waals surface area (Å²) in [5.74, 6) is 3.77. The van der Waals surface area contributed by atoms with Gasteiger partial charge in [-0.25, -0.2) is 4.98 Å². The summed E-state index contributed by atoms with van der Waals surface area (Å²) in [5, 5.41) is 0.911. The average Bonchev–Trinajstić information content (AvgIpc) is 3.48. The molecule has 2 aromatic heterocycles. The summed E-state index contributed by atoms with van der Waals surface area (Å²) in [4.78, 5) is 7.36. The van der Waals surface area contributed by atoms with Crippen molar-refractivity contribution in [3.63, 3.8) is 0 Å². The molecule has 4 rings (SSSR count). The van der Waals surface area contributed by atoms with Gasteiger partial charge in [0.05, 0.1) is 25.8 Å². The van der Waals surface area contributed by atoms with Gasteiger partial charge in [0.2, 0.25) is 0 Å². The maximum Gasteiger partial charge on any atom is 0.163 e. The number of rotatable bonds is 11. The molecule has 1 saturated heterocycles. The van der Waals surface area contributed by atoms with Crippen LogP contribution in [0.3, 0.4) is 0 Å². The molecule has 172 valence electrons. The molecule has 0 saturated carbocycles. The third kappa shape index (κ3) is 5.36. The predicted molar refractivity (Wildman–Crippen MR) is 127 cm³/mol. The number of unbranched alkanes of at least 4 members (excludes halogenated alkanes) is 1. The Bertz CT molecular complexity index is 1020. The zero-order valence-electron chi connectivity index (χ0n) is 19.5. The van der Waals surface area contributed by atoms with Crippen molar-refractivity contribution >= 4 is 10.9 Å². The molecule has 0 atom stereocenters. The van der Waals surface area contributed by atoms with E-state index >= 15 is 0 Å². The first kappa shape index (κ1) is 22.5. The second kappa shape index (κ2) is 10.7. The van der Waals surface area contributed by atoms with E-state index in [0.717, 1.165) is 59.7 Å². The summed E-state index contributed by atoms with van der Waals surface area (Å²) in [6, 6.07) is 9.76. The van der Waals surface area contributed by atoms with Crippen LogP contribution in [0.1, 0.15) is 44.8 Å². The van der Waals surface area contributed by atoms with Gasteiger partial charge in [0.25, 0.3) is 0 Å². The quantitative estimate of drug-likeness (QED) is 0.350. The maximum atomic E-state index is 6.14. The average molecular weight is 439 g/mol. The van der Waals surface area contributed by atoms with Gasteiger partial charge >= 0.3 is 0 Å². The second-order valence-electron chi connectivity index (χ2n) is 8.39. The number of aryl methyl sites for hydroxylation is 1. The zero-order chi connectivity index (χ0) is 22.3. The van der Waals surface area contributed by atoms with Gasteiger partial charge in [-0.15, -0.1) is 0 Å². The molecule has 32 heavy (non-hydrogen) atoms. The highest BCUT2D eigenvalue weighted by Gasteiger charge is 2.16. The van der Waals surface area contributed by atoms with Gasteiger partial charge in [-0.1, -0.05) is 13.3 Å². The fraction of sp³-hybridized carbons (Fsp3) is 0.500. The first-order chi connectivity index (χ1) is 15.7. The molecule has 3 aromatic rings. The number of aromatic nitrogens is 1. The Hall–Kier alpha value is -2.73. The highest BCUT2D eigenvalue weighted by molar-refractivity contribution is 5.90. The summed E-state index contributed by atoms with van der Waals surface area (Å²) in [7, 11) is 1.67. The third-order valence-corrected chi connectivity index (χ3v) is 5.88. The van der Waals surface area contributed by atoms with E-state index in [1.807, 2.05) is 37.3 Å². The normalized spacial score (nSPS) is 14.2. The van der Waals surface area contributed by atoms with Crippen LogP contribution in [0.5, 0.6) is 17.2 Å². The Morgan fingerprint density at radius 1 is 0.969 bits per heavy atom. The van der Waals surface area contributed by atoms with Gasteiger partial charge in [-0.05, 0) is 63.9 Å². The van der Waals surface area contributed by atoms with Crippen molar-refractivity contribution < 1.29 is 18.6 Å². The standard InChI is InChI=1S/C26H34N2O4/c1-4-5-14-30-24-18-22(23-10-9-19(2)32-23)27-21-17-26(25(29-3)16-20(21)24)31-15-8-13-28-11-6-7-12-28/h9-10,16-18H,4-8,11-15H2,1-3H3. The van der Waals surface area contributed by atoms with Crippen molar-refractivity contribution in [1.29, 1.82) is 0 Å². The first-order valence-corrected chi connectivity index (χ1v) is 11.8. The van der Waals surface area contributed by atoms with E-state index in [9.17, 15) is 0 Å². The van der Waals surface area contributed by atoms with Crippen molar-refractivity contribution in [2.75, 3.05) is 40.0 Å². The lowest BCUT2D eigenvalue weighted by atomic mass is 10.1. The topological polar surface area (TPSA) is 57.0 Å². The van der Waals surface area contributed by atoms with E-state index < -0.39 is 0 Å². The summed E-state index contributed by atoms with van der Waals surface area (Å²) in [6.07, 6.45) is 5.68. The molecule has 1 fully saturated rings. The number of methoxy groups -OCH3 is 1. The molecular weight excluding hydrogens is 404 g/mol. The van der Waals surface area contributed by atoms with Gasteiger partial charge in [0.15, 0.2) is 17.3 Å². The Morgan fingerprint density at radius 3 is 2.47 bits per heavy atom. The predicted octanol–water partition coefficient (Wildman–Crippen LogP) is 5.86. The number of benzene rings is 1. The number of ether oxygens (including phenoxy) is 3. The molecule has 1 aromatic carbocycles. The highest BCUT2D eigenvalue weighted by Crippen LogP contribution is 2.38. The van der Waals surface area contributed by atoms with Crippen LogP contribution in [0.15, 0.2) is 34.7 Å². The van der Waals surface area contributed by atoms with Crippen LogP contribution in [0.25, 0.3) is 22.4 Å². The molecule has 6 heteroatoms. The summed E-state index contributed by atoms with van der Waals surface area (Å²) in [6.45, 7) is 8.88. The number of hydrogen-bond acceptors (Lipinski definition) is 6. The van der Waals surface area contributed by atoms with Crippen LogP contribution in [-0.4, -0.2) is 49.8 Å². The van der Waals surface area contributed by atoms with Crippen LogP contribution in [0.2, 0.25) is 0 Å². The molecule has 0 aliphatic carbocycles. The minimum atomic E-state index is 0.648. The number of nitrogens with zero attached hydrogens (tertiary/aromatic N) is 2. The molecule has 3 heterocycles. The molecule has 1 aliphatic heterocycles. The van der Waals surface area contributed by atoms with Crippen LogP contribution in [-0.2, 0) is 0 Å². The summed E-state index contributed by atoms with van der Waals surface area (Å²) in [5.41, 5.74) is 1.56. The lowest BCUT2D eigenvalue weighted by Crippen LogP contribution is -2.21. The van der Waals surface area contributed by atoms with Gasteiger partial charge < -0.3 is 23.5 Å². The molecular formula is C26H34N2O4. The van der Waals surface area contributed by atoms with Crippen LogP contribution >= 0.6 is 0 Å². The van der Waals surface area contributed by atoms with Gasteiger partial charge in [-0.3, -0.25) is 0 Å². The maximum absolute atomic E-state index is 6.14. The molecule has 0 radical (unpaired) electrons. The number of likely N-dealkylation sites (tertiary alicyclic amines) is 1. The monoisotopic (exact) mass is 438 g/mol. The molecule has 6 nitrogen and oxygen atoms in total. The van der Waals surface area contributed by atoms with E-state index in [-0.39, 0.29) is 0 Å². The Balaban J connectivity index is 1.60. The van der Waals surface area contributed by atoms with E-state index in [2.05, 4.69) is 11.8 Å². The summed E-state index contributed by atoms with van der Waals surface area (Å²) >= 11 is 0. The Kier molecular flexibility index (Phi) is 7.53. The lowest BCUT2D eigenvalue weighted by Gasteiger charge is -2.17. The molecule has 0 bridgehead atoms. The fourth-order valence-corrected chi connectivity index (χ4v) is 4.10. The van der Waals surface area contributed by atoms with Crippen molar-refractivity contribution in [3.05, 3.63) is 36.1 Å². The van der Waals surface area contributed by atoms with Crippen molar-refractivity contribution in [3.8, 4) is 28.7 Å². The van der Waals surface area contributed by atoms with E-state index in [1.165, 1.54) is 25.9 Å². The van der Waals surface area contributed by atoms with Crippen LogP contribution in [0, 0.1) is 6.92 Å². The third-order valence-electron chi connectivity index (χ3n) is 5.88. The van der Waals surface area contributed by atoms with Crippen molar-refractivity contribution in [2.24, 2.45) is 0 Å². The Labute approximate surface area is 190 Å². The lowest BCUT2D eigenvalue weighted by molar-refractivity contribution is 0.254. The van der Waals surface area contributed by atoms with Crippen LogP contribution in [0.4, 0.5) is 0 Å². The molecule has 0 spiro atoms. The van der Waals surface area contributed by atoms with Crippen molar-refractivity contribution in [1.82, 2.24) is 9.88 Å². The number of pyridine rings is 1. The first-order valence-electron chi connectivity index (χ1n) is 11.8. The molecule has 1 aliphatic rings. The van der Waals surface area contributed by atoms with Crippen molar-refractivity contribution in [2.45, 2.75) is 46.0 Å². The van der Waals surface area contributed by atoms with E-state index in [4.69, 9.17) is 23.6 Å². The minimum Gasteiger partial charge on any atom is -0.493 e. The second-order valence-corrected chi connectivity index (χ2v) is 8.39. The van der Waals surface area contributed by atoms with E-state index in [0.29, 0.717) is 24.7 Å².